The summed E-state index contributed by atoms with van der Waals surface area (Å²) >= 11 is 0. The first-order valence-corrected chi connectivity index (χ1v) is 6.34. The fourth-order valence-corrected chi connectivity index (χ4v) is 2.46. The van der Waals surface area contributed by atoms with Crippen LogP contribution in [-0.2, 0) is 10.0 Å². The van der Waals surface area contributed by atoms with Crippen LogP contribution >= 0.6 is 0 Å². The molecule has 82 valence electrons. The second kappa shape index (κ2) is 5.09. The average Bonchev–Trinajstić information content (AvgIpc) is 2.18. The van der Waals surface area contributed by atoms with Crippen LogP contribution in [0.1, 0.15) is 23.7 Å². The van der Waals surface area contributed by atoms with E-state index in [-0.39, 0.29) is 0 Å². The Morgan fingerprint density at radius 1 is 1.33 bits per heavy atom. The highest BCUT2D eigenvalue weighted by Crippen LogP contribution is 2.25. The van der Waals surface area contributed by atoms with Gasteiger partial charge in [-0.15, -0.1) is 6.58 Å². The largest absolute Gasteiger partial charge is 0.228 e. The van der Waals surface area contributed by atoms with Gasteiger partial charge in [0, 0.05) is 0 Å². The second-order valence-electron chi connectivity index (χ2n) is 3.35. The van der Waals surface area contributed by atoms with Crippen molar-refractivity contribution < 1.29 is 8.42 Å². The van der Waals surface area contributed by atoms with Crippen LogP contribution in [0.25, 0.3) is 0 Å². The Morgan fingerprint density at radius 2 is 1.93 bits per heavy atom. The zero-order chi connectivity index (χ0) is 11.3. The highest BCUT2D eigenvalue weighted by atomic mass is 32.2. The molecule has 0 aliphatic heterocycles. The topological polar surface area (TPSA) is 60.2 Å². The van der Waals surface area contributed by atoms with Crippen molar-refractivity contribution in [3.05, 3.63) is 48.6 Å². The van der Waals surface area contributed by atoms with Gasteiger partial charge in [0.15, 0.2) is 0 Å². The summed E-state index contributed by atoms with van der Waals surface area (Å²) in [7, 11) is -3.54. The predicted molar refractivity (Wildman–Crippen MR) is 61.7 cm³/mol. The lowest BCUT2D eigenvalue weighted by atomic mass is 10.1. The smallest absolute Gasteiger partial charge is 0.216 e. The van der Waals surface area contributed by atoms with Crippen molar-refractivity contribution in [2.24, 2.45) is 5.14 Å². The number of sulfonamides is 1. The molecule has 0 spiro atoms. The van der Waals surface area contributed by atoms with Crippen molar-refractivity contribution >= 4 is 10.0 Å². The first-order valence-electron chi connectivity index (χ1n) is 4.73. The monoisotopic (exact) mass is 225 g/mol. The van der Waals surface area contributed by atoms with Gasteiger partial charge < -0.3 is 0 Å². The van der Waals surface area contributed by atoms with Gasteiger partial charge in [-0.05, 0) is 18.4 Å². The van der Waals surface area contributed by atoms with Gasteiger partial charge in [0.05, 0.1) is 0 Å². The molecule has 3 nitrogen and oxygen atoms in total. The van der Waals surface area contributed by atoms with Crippen molar-refractivity contribution in [1.29, 1.82) is 0 Å². The lowest BCUT2D eigenvalue weighted by Gasteiger charge is -2.13. The van der Waals surface area contributed by atoms with E-state index in [9.17, 15) is 8.42 Å². The summed E-state index contributed by atoms with van der Waals surface area (Å²) in [4.78, 5) is 0. The summed E-state index contributed by atoms with van der Waals surface area (Å²) in [5.41, 5.74) is 0.738. The van der Waals surface area contributed by atoms with Gasteiger partial charge in [-0.25, -0.2) is 13.6 Å². The summed E-state index contributed by atoms with van der Waals surface area (Å²) in [5.74, 6) is 0. The number of allylic oxidation sites excluding steroid dienone is 1. The second-order valence-corrected chi connectivity index (χ2v) is 5.10. The van der Waals surface area contributed by atoms with E-state index >= 15 is 0 Å². The number of benzene rings is 1. The minimum atomic E-state index is -3.54. The molecule has 0 saturated heterocycles. The highest BCUT2D eigenvalue weighted by Gasteiger charge is 2.22. The van der Waals surface area contributed by atoms with Crippen LogP contribution in [0, 0.1) is 0 Å². The molecule has 0 saturated carbocycles. The van der Waals surface area contributed by atoms with Crippen LogP contribution in [0.15, 0.2) is 43.0 Å². The number of nitrogens with two attached hydrogens (primary N) is 1. The Labute approximate surface area is 90.7 Å². The molecule has 0 unspecified atom stereocenters. The molecule has 0 aromatic heterocycles. The van der Waals surface area contributed by atoms with Crippen LogP contribution in [0.4, 0.5) is 0 Å². The van der Waals surface area contributed by atoms with E-state index in [1.165, 1.54) is 0 Å². The number of hydrogen-bond donors (Lipinski definition) is 1. The van der Waals surface area contributed by atoms with Crippen LogP contribution < -0.4 is 5.14 Å². The maximum absolute atomic E-state index is 11.4. The number of primary sulfonamides is 1. The van der Waals surface area contributed by atoms with Crippen LogP contribution in [0.2, 0.25) is 0 Å². The third-order valence-electron chi connectivity index (χ3n) is 2.20. The summed E-state index contributed by atoms with van der Waals surface area (Å²) in [5, 5.41) is 4.56. The maximum atomic E-state index is 11.4. The molecule has 0 amide bonds. The summed E-state index contributed by atoms with van der Waals surface area (Å²) in [6.07, 6.45) is 2.81. The third kappa shape index (κ3) is 3.49. The highest BCUT2D eigenvalue weighted by molar-refractivity contribution is 7.89. The Kier molecular flexibility index (Phi) is 4.05. The Hall–Kier alpha value is -1.13. The van der Waals surface area contributed by atoms with Gasteiger partial charge in [-0.3, -0.25) is 0 Å². The van der Waals surface area contributed by atoms with Crippen molar-refractivity contribution in [2.45, 2.75) is 18.1 Å². The number of rotatable bonds is 5. The predicted octanol–water partition coefficient (Wildman–Crippen LogP) is 1.98. The Morgan fingerprint density at radius 3 is 2.40 bits per heavy atom. The fourth-order valence-electron chi connectivity index (χ4n) is 1.46. The van der Waals surface area contributed by atoms with E-state index in [4.69, 9.17) is 5.14 Å². The molecular weight excluding hydrogens is 210 g/mol. The summed E-state index contributed by atoms with van der Waals surface area (Å²) in [6.45, 7) is 3.57. The minimum Gasteiger partial charge on any atom is -0.228 e. The van der Waals surface area contributed by atoms with Gasteiger partial charge in [-0.1, -0.05) is 36.4 Å². The van der Waals surface area contributed by atoms with Gasteiger partial charge in [0.1, 0.15) is 5.25 Å². The van der Waals surface area contributed by atoms with Crippen molar-refractivity contribution in [2.75, 3.05) is 0 Å². The van der Waals surface area contributed by atoms with Crippen molar-refractivity contribution in [3.8, 4) is 0 Å². The van der Waals surface area contributed by atoms with Gasteiger partial charge in [-0.2, -0.15) is 0 Å². The van der Waals surface area contributed by atoms with Crippen LogP contribution in [0.5, 0.6) is 0 Å². The Bertz CT molecular complexity index is 411. The van der Waals surface area contributed by atoms with E-state index in [0.717, 1.165) is 5.56 Å². The lowest BCUT2D eigenvalue weighted by Crippen LogP contribution is -2.21. The molecule has 0 aliphatic rings. The molecule has 0 bridgehead atoms. The maximum Gasteiger partial charge on any atom is 0.216 e. The lowest BCUT2D eigenvalue weighted by molar-refractivity contribution is 0.577. The van der Waals surface area contributed by atoms with Crippen molar-refractivity contribution in [3.63, 3.8) is 0 Å². The molecule has 0 radical (unpaired) electrons. The van der Waals surface area contributed by atoms with Crippen molar-refractivity contribution in [1.82, 2.24) is 0 Å². The zero-order valence-electron chi connectivity index (χ0n) is 8.46. The molecule has 2 N–H and O–H groups in total. The zero-order valence-corrected chi connectivity index (χ0v) is 9.28. The molecule has 1 aromatic carbocycles. The van der Waals surface area contributed by atoms with Crippen LogP contribution in [0.3, 0.4) is 0 Å². The van der Waals surface area contributed by atoms with E-state index in [1.807, 2.05) is 6.07 Å². The molecule has 4 heteroatoms. The molecule has 0 heterocycles. The number of hydrogen-bond acceptors (Lipinski definition) is 2. The molecule has 1 atom stereocenters. The third-order valence-corrected chi connectivity index (χ3v) is 3.50. The van der Waals surface area contributed by atoms with Crippen LogP contribution in [-0.4, -0.2) is 8.42 Å². The molecular formula is C11H15NO2S. The molecule has 0 fully saturated rings. The fraction of sp³-hybridized carbons (Fsp3) is 0.273. The minimum absolute atomic E-state index is 0.479. The average molecular weight is 225 g/mol. The molecule has 1 rings (SSSR count). The van der Waals surface area contributed by atoms with E-state index in [1.54, 1.807) is 30.3 Å². The molecule has 1 aromatic rings. The first kappa shape index (κ1) is 11.9. The van der Waals surface area contributed by atoms with E-state index in [2.05, 4.69) is 6.58 Å². The Balaban J connectivity index is 2.97. The van der Waals surface area contributed by atoms with E-state index < -0.39 is 15.3 Å². The van der Waals surface area contributed by atoms with E-state index in [0.29, 0.717) is 12.8 Å². The first-order chi connectivity index (χ1) is 7.05. The standard InChI is InChI=1S/C11H15NO2S/c1-2-3-9-11(15(12,13)14)10-7-5-4-6-8-10/h2,4-8,11H,1,3,9H2,(H2,12,13,14)/t11-/m0/s1. The van der Waals surface area contributed by atoms with Gasteiger partial charge in [0.25, 0.3) is 0 Å². The summed E-state index contributed by atoms with van der Waals surface area (Å²) in [6, 6.07) is 9.01. The summed E-state index contributed by atoms with van der Waals surface area (Å²) < 4.78 is 22.8. The molecule has 0 aliphatic carbocycles. The molecule has 15 heavy (non-hydrogen) atoms. The van der Waals surface area contributed by atoms with Gasteiger partial charge >= 0.3 is 0 Å². The quantitative estimate of drug-likeness (QED) is 0.779. The normalized spacial score (nSPS) is 13.4. The SMILES string of the molecule is C=CCC[C@@H](c1ccccc1)S(N)(=O)=O. The van der Waals surface area contributed by atoms with Gasteiger partial charge in [0.2, 0.25) is 10.0 Å².